The lowest BCUT2D eigenvalue weighted by molar-refractivity contribution is -0.358. The molecular formula is C47H68O16. The summed E-state index contributed by atoms with van der Waals surface area (Å²) in [7, 11) is 0. The lowest BCUT2D eigenvalue weighted by Gasteiger charge is -2.46. The molecule has 0 radical (unpaired) electrons. The number of carbonyl (C=O) groups is 3. The monoisotopic (exact) mass is 888 g/mol. The molecule has 0 aromatic heterocycles. The Bertz CT molecular complexity index is 1860. The van der Waals surface area contributed by atoms with Gasteiger partial charge in [-0.3, -0.25) is 9.59 Å². The molecule has 8 saturated heterocycles. The van der Waals surface area contributed by atoms with Crippen molar-refractivity contribution in [3.05, 3.63) is 23.8 Å². The zero-order valence-electron chi connectivity index (χ0n) is 37.5. The van der Waals surface area contributed by atoms with E-state index in [2.05, 4.69) is 13.0 Å². The molecule has 0 aromatic rings. The maximum absolute atomic E-state index is 14.1. The van der Waals surface area contributed by atoms with Gasteiger partial charge in [0.15, 0.2) is 23.0 Å². The first-order chi connectivity index (χ1) is 29.7. The average molecular weight is 889 g/mol. The van der Waals surface area contributed by atoms with Gasteiger partial charge in [0, 0.05) is 38.5 Å². The van der Waals surface area contributed by atoms with Crippen LogP contribution in [0.5, 0.6) is 0 Å². The molecule has 0 aromatic carbocycles. The maximum Gasteiger partial charge on any atom is 0.336 e. The number of ketones is 1. The predicted molar refractivity (Wildman–Crippen MR) is 220 cm³/mol. The van der Waals surface area contributed by atoms with Crippen molar-refractivity contribution in [3.63, 3.8) is 0 Å². The lowest BCUT2D eigenvalue weighted by Crippen LogP contribution is -2.60. The molecule has 16 nitrogen and oxygen atoms in total. The minimum absolute atomic E-state index is 0.0310. The highest BCUT2D eigenvalue weighted by Gasteiger charge is 2.68. The van der Waals surface area contributed by atoms with Crippen LogP contribution >= 0.6 is 0 Å². The number of hydrogen-bond donors (Lipinski definition) is 4. The molecule has 8 fully saturated rings. The molecule has 352 valence electrons. The van der Waals surface area contributed by atoms with Crippen LogP contribution in [0.25, 0.3) is 0 Å². The molecule has 16 heteroatoms. The SMILES string of the molecule is CC1=C\[C@H](C)C[C@@]2(C)CC[C@@H](O2)[C@@]23CC[C@@](C(=O)O)(CC(O2)C2O[C@](C)(CC2=O)[C@@H](O)C2CC[C@@]4(CCC[C@H](O4)[C@@H](C)C(=O)O[C@@H]4CC([C@@]5(O)OCC[C@@H](C)[C@H]5O)OC4\C=C\1)O2)O3. The van der Waals surface area contributed by atoms with Gasteiger partial charge in [-0.15, -0.1) is 0 Å². The summed E-state index contributed by atoms with van der Waals surface area (Å²) in [4.78, 5) is 40.9. The minimum atomic E-state index is -1.99. The third kappa shape index (κ3) is 8.18. The number of aliphatic carboxylic acids is 1. The van der Waals surface area contributed by atoms with Crippen molar-refractivity contribution in [2.45, 2.75) is 227 Å². The van der Waals surface area contributed by atoms with Gasteiger partial charge in [0.25, 0.3) is 0 Å². The number of esters is 1. The van der Waals surface area contributed by atoms with Crippen LogP contribution in [-0.4, -0.2) is 140 Å². The molecule has 9 aliphatic rings. The number of allylic oxidation sites excluding steroid dienone is 3. The lowest BCUT2D eigenvalue weighted by atomic mass is 9.87. The Kier molecular flexibility index (Phi) is 12.0. The van der Waals surface area contributed by atoms with Gasteiger partial charge < -0.3 is 63.1 Å². The maximum atomic E-state index is 14.1. The molecule has 63 heavy (non-hydrogen) atoms. The van der Waals surface area contributed by atoms with E-state index in [0.717, 1.165) is 5.57 Å². The van der Waals surface area contributed by atoms with Crippen LogP contribution in [0, 0.1) is 17.8 Å². The Morgan fingerprint density at radius 3 is 2.37 bits per heavy atom. The Labute approximate surface area is 369 Å². The second kappa shape index (κ2) is 16.5. The molecule has 9 heterocycles. The summed E-state index contributed by atoms with van der Waals surface area (Å²) in [6.07, 6.45) is 2.32. The number of carboxylic acid groups (broad SMARTS) is 1. The highest BCUT2D eigenvalue weighted by Crippen LogP contribution is 2.55. The molecule has 0 saturated carbocycles. The molecule has 4 N–H and O–H groups in total. The molecule has 19 atom stereocenters. The Hall–Kier alpha value is -2.35. The fourth-order valence-electron chi connectivity index (χ4n) is 12.5. The third-order valence-corrected chi connectivity index (χ3v) is 16.0. The van der Waals surface area contributed by atoms with Crippen molar-refractivity contribution in [1.82, 2.24) is 0 Å². The first kappa shape index (κ1) is 45.8. The number of ether oxygens (including phenoxy) is 9. The van der Waals surface area contributed by atoms with Gasteiger partial charge in [-0.05, 0) is 90.9 Å². The fraction of sp³-hybridized carbons (Fsp3) is 0.851. The van der Waals surface area contributed by atoms with Crippen molar-refractivity contribution in [2.24, 2.45) is 17.8 Å². The van der Waals surface area contributed by atoms with Gasteiger partial charge in [-0.2, -0.15) is 0 Å². The number of aliphatic hydroxyl groups excluding tert-OH is 2. The van der Waals surface area contributed by atoms with Gasteiger partial charge in [0.2, 0.25) is 5.79 Å². The average Bonchev–Trinajstić information content (AvgIpc) is 4.06. The van der Waals surface area contributed by atoms with Crippen LogP contribution in [-0.2, 0) is 57.0 Å². The highest BCUT2D eigenvalue weighted by atomic mass is 16.8. The fourth-order valence-corrected chi connectivity index (χ4v) is 12.5. The Balaban J connectivity index is 1.01. The number of aliphatic hydroxyl groups is 3. The molecule has 9 aliphatic heterocycles. The standard InChI is InChI=1S/C47H68O16/c1-25-9-10-31-33(21-36(56-31)47(54)38(49)27(3)13-19-55-47)57-40(51)28(4)30-8-7-14-45(58-30)16-11-32(59-45)39(50)43(6)23-29(48)37(62-43)34-24-44(41(52)53)17-18-46(60-34,63-44)35-12-15-42(5,61-35)22-26(2)20-25/h9-10,20,26-28,30-39,49-50,54H,7-8,11-19,21-24H2,1-6H3,(H,52,53)/b10-9+,25-20+/t26-,27+,28+,30-,31?,32?,33+,34?,35+,36?,37?,38+,39-,42+,43+,44-,45+,46-,47+/m0/s1. The van der Waals surface area contributed by atoms with Crippen LogP contribution in [0.3, 0.4) is 0 Å². The van der Waals surface area contributed by atoms with Crippen LogP contribution < -0.4 is 0 Å². The highest BCUT2D eigenvalue weighted by molar-refractivity contribution is 5.87. The Morgan fingerprint density at radius 2 is 1.59 bits per heavy atom. The van der Waals surface area contributed by atoms with Crippen molar-refractivity contribution in [2.75, 3.05) is 6.61 Å². The summed E-state index contributed by atoms with van der Waals surface area (Å²) >= 11 is 0. The number of rotatable bonds is 2. The van der Waals surface area contributed by atoms with E-state index in [4.69, 9.17) is 42.6 Å². The van der Waals surface area contributed by atoms with E-state index in [-0.39, 0.29) is 56.3 Å². The van der Waals surface area contributed by atoms with Crippen LogP contribution in [0.15, 0.2) is 23.8 Å². The van der Waals surface area contributed by atoms with Gasteiger partial charge in [-0.25, -0.2) is 4.79 Å². The van der Waals surface area contributed by atoms with E-state index in [1.807, 2.05) is 32.9 Å². The first-order valence-corrected chi connectivity index (χ1v) is 23.5. The molecular weight excluding hydrogens is 821 g/mol. The minimum Gasteiger partial charge on any atom is -0.479 e. The number of Topliss-reactive ketones (excluding diaryl/α,β-unsaturated/α-hetero) is 1. The quantitative estimate of drug-likeness (QED) is 0.284. The number of hydrogen-bond acceptors (Lipinski definition) is 15. The summed E-state index contributed by atoms with van der Waals surface area (Å²) in [5.74, 6) is -7.29. The molecule has 0 aliphatic carbocycles. The molecule has 5 unspecified atom stereocenters. The van der Waals surface area contributed by atoms with Gasteiger partial charge in [0.1, 0.15) is 48.3 Å². The summed E-state index contributed by atoms with van der Waals surface area (Å²) in [5, 5.41) is 45.4. The van der Waals surface area contributed by atoms with Gasteiger partial charge >= 0.3 is 11.9 Å². The van der Waals surface area contributed by atoms with Gasteiger partial charge in [-0.1, -0.05) is 37.6 Å². The molecule has 0 amide bonds. The topological polar surface area (TPSA) is 215 Å². The number of carboxylic acids is 1. The van der Waals surface area contributed by atoms with E-state index in [9.17, 15) is 34.8 Å². The van der Waals surface area contributed by atoms with Crippen molar-refractivity contribution < 1.29 is 77.4 Å². The van der Waals surface area contributed by atoms with Crippen LogP contribution in [0.1, 0.15) is 131 Å². The van der Waals surface area contributed by atoms with Crippen molar-refractivity contribution in [3.8, 4) is 0 Å². The van der Waals surface area contributed by atoms with E-state index in [1.54, 1.807) is 13.8 Å². The van der Waals surface area contributed by atoms with Crippen LogP contribution in [0.2, 0.25) is 0 Å². The molecule has 10 bridgehead atoms. The number of fused-ring (bicyclic) bond motifs is 10. The zero-order valence-corrected chi connectivity index (χ0v) is 37.5. The van der Waals surface area contributed by atoms with E-state index in [1.165, 1.54) is 0 Å². The largest absolute Gasteiger partial charge is 0.479 e. The summed E-state index contributed by atoms with van der Waals surface area (Å²) in [6, 6.07) is 0. The first-order valence-electron chi connectivity index (χ1n) is 23.5. The Morgan fingerprint density at radius 1 is 0.810 bits per heavy atom. The van der Waals surface area contributed by atoms with E-state index >= 15 is 0 Å². The summed E-state index contributed by atoms with van der Waals surface area (Å²) in [6.45, 7) is 11.6. The molecule has 2 spiro atoms. The zero-order chi connectivity index (χ0) is 44.9. The molecule has 9 rings (SSSR count). The van der Waals surface area contributed by atoms with Crippen LogP contribution in [0.4, 0.5) is 0 Å². The third-order valence-electron chi connectivity index (χ3n) is 16.0. The normalized spacial score (nSPS) is 54.2. The second-order valence-corrected chi connectivity index (χ2v) is 21.1. The van der Waals surface area contributed by atoms with E-state index in [0.29, 0.717) is 57.8 Å². The van der Waals surface area contributed by atoms with Crippen molar-refractivity contribution in [1.29, 1.82) is 0 Å². The second-order valence-electron chi connectivity index (χ2n) is 21.1. The number of carbonyl (C=O) groups excluding carboxylic acids is 2. The summed E-state index contributed by atoms with van der Waals surface area (Å²) in [5.41, 5.74) is -2.63. The van der Waals surface area contributed by atoms with Gasteiger partial charge in [0.05, 0.1) is 36.4 Å². The predicted octanol–water partition coefficient (Wildman–Crippen LogP) is 4.32. The van der Waals surface area contributed by atoms with E-state index < -0.39 is 113 Å². The van der Waals surface area contributed by atoms with Crippen molar-refractivity contribution >= 4 is 17.7 Å². The smallest absolute Gasteiger partial charge is 0.336 e. The summed E-state index contributed by atoms with van der Waals surface area (Å²) < 4.78 is 58.2.